The normalized spacial score (nSPS) is 20.7. The molecule has 0 aromatic heterocycles. The van der Waals surface area contributed by atoms with Gasteiger partial charge < -0.3 is 9.47 Å². The molecule has 5 nitrogen and oxygen atoms in total. The lowest BCUT2D eigenvalue weighted by molar-refractivity contribution is -0.274. The number of aryl methyl sites for hydroxylation is 2. The number of alkyl halides is 3. The first-order valence-electron chi connectivity index (χ1n) is 12.1. The van der Waals surface area contributed by atoms with E-state index in [4.69, 9.17) is 4.74 Å². The topological polar surface area (TPSA) is 65.0 Å². The summed E-state index contributed by atoms with van der Waals surface area (Å²) in [5.41, 5.74) is 5.07. The van der Waals surface area contributed by atoms with E-state index >= 15 is 0 Å². The number of halogens is 3. The molecule has 0 bridgehead atoms. The third kappa shape index (κ3) is 5.88. The first-order valence-corrected chi connectivity index (χ1v) is 13.6. The second kappa shape index (κ2) is 10.3. The molecule has 2 atom stereocenters. The maximum atomic E-state index is 12.7. The number of benzene rings is 3. The second-order valence-corrected chi connectivity index (χ2v) is 11.0. The Morgan fingerprint density at radius 3 is 2.08 bits per heavy atom. The molecule has 9 heteroatoms. The Morgan fingerprint density at radius 2 is 1.49 bits per heavy atom. The van der Waals surface area contributed by atoms with Gasteiger partial charge in [-0.15, -0.1) is 13.2 Å². The van der Waals surface area contributed by atoms with E-state index in [2.05, 4.69) is 45.5 Å². The van der Waals surface area contributed by atoms with Crippen LogP contribution in [0.4, 0.5) is 13.2 Å². The van der Waals surface area contributed by atoms with Crippen molar-refractivity contribution in [3.63, 3.8) is 0 Å². The van der Waals surface area contributed by atoms with Crippen molar-refractivity contribution in [3.05, 3.63) is 95.1 Å². The van der Waals surface area contributed by atoms with Gasteiger partial charge in [0, 0.05) is 18.7 Å². The molecule has 3 aromatic rings. The first kappa shape index (κ1) is 25.5. The van der Waals surface area contributed by atoms with Gasteiger partial charge in [-0.3, -0.25) is 0 Å². The highest BCUT2D eigenvalue weighted by Crippen LogP contribution is 2.41. The summed E-state index contributed by atoms with van der Waals surface area (Å²) >= 11 is 0. The molecule has 1 heterocycles. The van der Waals surface area contributed by atoms with Crippen LogP contribution in [0.25, 0.3) is 0 Å². The Hall–Kier alpha value is -3.17. The molecule has 1 aliphatic carbocycles. The van der Waals surface area contributed by atoms with E-state index in [1.807, 2.05) is 12.1 Å². The lowest BCUT2D eigenvalue weighted by Gasteiger charge is -2.35. The van der Waals surface area contributed by atoms with Crippen LogP contribution in [0.2, 0.25) is 0 Å². The molecule has 5 rings (SSSR count). The van der Waals surface area contributed by atoms with Crippen LogP contribution in [-0.4, -0.2) is 33.7 Å². The molecule has 1 saturated heterocycles. The summed E-state index contributed by atoms with van der Waals surface area (Å²) in [6.07, 6.45) is -0.421. The van der Waals surface area contributed by atoms with E-state index in [0.29, 0.717) is 19.4 Å². The van der Waals surface area contributed by atoms with Crippen LogP contribution in [0.15, 0.2) is 82.1 Å². The minimum Gasteiger partial charge on any atom is -0.406 e. The third-order valence-electron chi connectivity index (χ3n) is 6.94. The van der Waals surface area contributed by atoms with Crippen molar-refractivity contribution < 1.29 is 31.1 Å². The van der Waals surface area contributed by atoms with E-state index in [0.717, 1.165) is 37.1 Å². The summed E-state index contributed by atoms with van der Waals surface area (Å²) in [7, 11) is -4.07. The number of rotatable bonds is 5. The fraction of sp³-hybridized carbons (Fsp3) is 0.321. The maximum Gasteiger partial charge on any atom is 0.573 e. The molecule has 1 fully saturated rings. The lowest BCUT2D eigenvalue weighted by atomic mass is 9.79. The number of hydrogen-bond donors (Lipinski definition) is 0. The van der Waals surface area contributed by atoms with Crippen molar-refractivity contribution in [1.82, 2.24) is 0 Å². The van der Waals surface area contributed by atoms with E-state index in [1.54, 1.807) is 0 Å². The molecule has 0 spiro atoms. The number of nitrogens with zero attached hydrogens (tertiary/aromatic N) is 1. The molecule has 2 aliphatic rings. The highest BCUT2D eigenvalue weighted by Gasteiger charge is 2.35. The van der Waals surface area contributed by atoms with Crippen LogP contribution < -0.4 is 4.74 Å². The predicted molar refractivity (Wildman–Crippen MR) is 133 cm³/mol. The summed E-state index contributed by atoms with van der Waals surface area (Å²) in [4.78, 5) is -0.200. The molecular formula is C28H26F3NO4S. The highest BCUT2D eigenvalue weighted by molar-refractivity contribution is 7.90. The summed E-state index contributed by atoms with van der Waals surface area (Å²) < 4.78 is 76.6. The van der Waals surface area contributed by atoms with Crippen LogP contribution in [0.5, 0.6) is 5.75 Å². The number of fused-ring (bicyclic) bond motifs is 2. The van der Waals surface area contributed by atoms with Gasteiger partial charge >= 0.3 is 6.36 Å². The van der Waals surface area contributed by atoms with Gasteiger partial charge in [-0.25, -0.2) is 0 Å². The molecule has 0 radical (unpaired) electrons. The first-order chi connectivity index (χ1) is 17.7. The van der Waals surface area contributed by atoms with Crippen LogP contribution in [0.1, 0.15) is 41.0 Å². The molecule has 37 heavy (non-hydrogen) atoms. The number of ether oxygens (including phenoxy) is 2. The Balaban J connectivity index is 1.36. The summed E-state index contributed by atoms with van der Waals surface area (Å²) in [5.74, 6) is -0.584. The summed E-state index contributed by atoms with van der Waals surface area (Å²) in [6, 6.07) is 20.8. The molecular weight excluding hydrogens is 503 g/mol. The molecule has 0 amide bonds. The van der Waals surface area contributed by atoms with Gasteiger partial charge in [0.2, 0.25) is 0 Å². The van der Waals surface area contributed by atoms with Gasteiger partial charge in [-0.2, -0.15) is 12.8 Å². The van der Waals surface area contributed by atoms with Gasteiger partial charge in [0.05, 0.1) is 11.0 Å². The molecule has 3 aromatic carbocycles. The fourth-order valence-electron chi connectivity index (χ4n) is 5.23. The van der Waals surface area contributed by atoms with Crippen molar-refractivity contribution in [2.24, 2.45) is 10.3 Å². The zero-order valence-corrected chi connectivity index (χ0v) is 20.7. The zero-order valence-electron chi connectivity index (χ0n) is 19.9. The largest absolute Gasteiger partial charge is 0.573 e. The third-order valence-corrected chi connectivity index (χ3v) is 8.20. The minimum absolute atomic E-state index is 0.0314. The van der Waals surface area contributed by atoms with E-state index in [9.17, 15) is 21.6 Å². The summed E-state index contributed by atoms with van der Waals surface area (Å²) in [6.45, 7) is 0.478. The predicted octanol–water partition coefficient (Wildman–Crippen LogP) is 6.07. The Labute approximate surface area is 214 Å². The van der Waals surface area contributed by atoms with E-state index in [-0.39, 0.29) is 22.8 Å². The number of sulfonamides is 1. The summed E-state index contributed by atoms with van der Waals surface area (Å²) in [5, 5.41) is 0. The average molecular weight is 530 g/mol. The molecule has 2 unspecified atom stereocenters. The van der Waals surface area contributed by atoms with Gasteiger partial charge in [0.1, 0.15) is 5.75 Å². The Morgan fingerprint density at radius 1 is 0.892 bits per heavy atom. The van der Waals surface area contributed by atoms with Crippen molar-refractivity contribution in [1.29, 1.82) is 0 Å². The molecule has 0 N–H and O–H groups in total. The van der Waals surface area contributed by atoms with E-state index < -0.39 is 22.1 Å². The standard InChI is InChI=1S/C28H26F3NO4S/c29-28(30,31)36-22-11-13-23(14-12-22)37(33,34)32-18-19-15-16-35-26(17-19)27-24-7-3-1-5-20(24)9-10-21-6-2-4-8-25(21)27/h1-8,11-14,18-19,26-27H,9-10,15-17H2. The van der Waals surface area contributed by atoms with Crippen LogP contribution in [0, 0.1) is 5.92 Å². The monoisotopic (exact) mass is 529 g/mol. The maximum absolute atomic E-state index is 12.7. The molecule has 1 aliphatic heterocycles. The van der Waals surface area contributed by atoms with Gasteiger partial charge in [0.25, 0.3) is 10.0 Å². The van der Waals surface area contributed by atoms with Crippen molar-refractivity contribution >= 4 is 16.2 Å². The Bertz CT molecular complexity index is 1340. The fourth-order valence-corrected chi connectivity index (χ4v) is 6.17. The SMILES string of the molecule is O=S(=O)(N=CC1CCOC(C2c3ccccc3CCc3ccccc32)C1)c1ccc(OC(F)(F)F)cc1. The van der Waals surface area contributed by atoms with Crippen LogP contribution in [-0.2, 0) is 27.6 Å². The Kier molecular flexibility index (Phi) is 7.09. The van der Waals surface area contributed by atoms with E-state index in [1.165, 1.54) is 28.5 Å². The smallest absolute Gasteiger partial charge is 0.406 e. The quantitative estimate of drug-likeness (QED) is 0.377. The minimum atomic E-state index is -4.85. The highest BCUT2D eigenvalue weighted by atomic mass is 32.2. The molecule has 194 valence electrons. The van der Waals surface area contributed by atoms with Crippen LogP contribution in [0.3, 0.4) is 0 Å². The average Bonchev–Trinajstić information content (AvgIpc) is 3.04. The lowest BCUT2D eigenvalue weighted by Crippen LogP contribution is -2.32. The zero-order chi connectivity index (χ0) is 26.0. The van der Waals surface area contributed by atoms with Gasteiger partial charge in [0.15, 0.2) is 0 Å². The van der Waals surface area contributed by atoms with Crippen molar-refractivity contribution in [2.45, 2.75) is 49.0 Å². The number of hydrogen-bond acceptors (Lipinski definition) is 4. The van der Waals surface area contributed by atoms with Crippen LogP contribution >= 0.6 is 0 Å². The molecule has 0 saturated carbocycles. The van der Waals surface area contributed by atoms with Crippen molar-refractivity contribution in [2.75, 3.05) is 6.61 Å². The van der Waals surface area contributed by atoms with Gasteiger partial charge in [-0.1, -0.05) is 48.5 Å². The van der Waals surface area contributed by atoms with Crippen molar-refractivity contribution in [3.8, 4) is 5.75 Å². The second-order valence-electron chi connectivity index (χ2n) is 9.32. The van der Waals surface area contributed by atoms with Gasteiger partial charge in [-0.05, 0) is 78.1 Å².